The van der Waals surface area contributed by atoms with Gasteiger partial charge in [0, 0.05) is 29.7 Å². The van der Waals surface area contributed by atoms with Crippen LogP contribution in [-0.2, 0) is 14.3 Å². The molecule has 0 aromatic carbocycles. The van der Waals surface area contributed by atoms with Crippen LogP contribution >= 0.6 is 11.8 Å². The lowest BCUT2D eigenvalue weighted by atomic mass is 9.96. The van der Waals surface area contributed by atoms with Crippen molar-refractivity contribution in [3.05, 3.63) is 35.0 Å². The molecule has 1 rings (SSSR count). The van der Waals surface area contributed by atoms with Gasteiger partial charge >= 0.3 is 11.9 Å². The number of aliphatic carboxylic acids is 1. The van der Waals surface area contributed by atoms with Gasteiger partial charge in [0.1, 0.15) is 5.76 Å². The van der Waals surface area contributed by atoms with E-state index in [1.165, 1.54) is 11.8 Å². The second-order valence-electron chi connectivity index (χ2n) is 8.48. The van der Waals surface area contributed by atoms with Crippen LogP contribution in [0.3, 0.4) is 0 Å². The van der Waals surface area contributed by atoms with E-state index >= 15 is 0 Å². The van der Waals surface area contributed by atoms with Gasteiger partial charge in [-0.1, -0.05) is 58.3 Å². The Labute approximate surface area is 196 Å². The van der Waals surface area contributed by atoms with Crippen molar-refractivity contribution in [2.45, 2.75) is 90.8 Å². The van der Waals surface area contributed by atoms with Gasteiger partial charge in [0.25, 0.3) is 0 Å². The number of unbranched alkanes of at least 4 members (excludes halogenated alkanes) is 2. The molecule has 0 aromatic rings. The maximum absolute atomic E-state index is 12.0. The summed E-state index contributed by atoms with van der Waals surface area (Å²) in [7, 11) is 0. The fourth-order valence-corrected chi connectivity index (χ4v) is 4.88. The Morgan fingerprint density at radius 2 is 2.00 bits per heavy atom. The summed E-state index contributed by atoms with van der Waals surface area (Å²) in [6, 6.07) is 0. The first-order valence-corrected chi connectivity index (χ1v) is 12.8. The van der Waals surface area contributed by atoms with Crippen molar-refractivity contribution in [3.63, 3.8) is 0 Å². The fraction of sp³-hybridized carbons (Fsp3) is 0.680. The van der Waals surface area contributed by atoms with E-state index in [2.05, 4.69) is 13.8 Å². The molecule has 0 amide bonds. The molecule has 0 saturated carbocycles. The van der Waals surface area contributed by atoms with Crippen LogP contribution < -0.4 is 0 Å². The first-order valence-electron chi connectivity index (χ1n) is 11.8. The molecular formula is C25H40O6S. The third-order valence-corrected chi connectivity index (χ3v) is 6.65. The number of hydrogen-bond donors (Lipinski definition) is 3. The molecule has 7 heteroatoms. The van der Waals surface area contributed by atoms with Gasteiger partial charge in [-0.05, 0) is 37.4 Å². The summed E-state index contributed by atoms with van der Waals surface area (Å²) in [5.41, 5.74) is 0. The number of carboxylic acid groups (broad SMARTS) is 1. The number of aliphatic hydroxyl groups excluding tert-OH is 2. The highest BCUT2D eigenvalue weighted by atomic mass is 32.2. The largest absolute Gasteiger partial charge is 0.478 e. The minimum atomic E-state index is -0.961. The number of carbonyl (C=O) groups is 2. The summed E-state index contributed by atoms with van der Waals surface area (Å²) in [6.45, 7) is 6.21. The molecule has 0 saturated heterocycles. The minimum absolute atomic E-state index is 0.273. The normalized spacial score (nSPS) is 20.9. The van der Waals surface area contributed by atoms with E-state index in [0.717, 1.165) is 36.7 Å². The third kappa shape index (κ3) is 11.3. The highest BCUT2D eigenvalue weighted by Crippen LogP contribution is 2.41. The van der Waals surface area contributed by atoms with Crippen molar-refractivity contribution < 1.29 is 29.6 Å². The van der Waals surface area contributed by atoms with Crippen molar-refractivity contribution in [2.24, 2.45) is 11.8 Å². The van der Waals surface area contributed by atoms with Crippen LogP contribution in [0.25, 0.3) is 0 Å². The lowest BCUT2D eigenvalue weighted by Crippen LogP contribution is -2.15. The van der Waals surface area contributed by atoms with E-state index < -0.39 is 18.2 Å². The summed E-state index contributed by atoms with van der Waals surface area (Å²) < 4.78 is 5.56. The predicted molar refractivity (Wildman–Crippen MR) is 129 cm³/mol. The van der Waals surface area contributed by atoms with E-state index in [-0.39, 0.29) is 18.3 Å². The maximum Gasteiger partial charge on any atom is 0.327 e. The molecule has 1 aliphatic rings. The van der Waals surface area contributed by atoms with E-state index in [1.54, 1.807) is 12.2 Å². The van der Waals surface area contributed by atoms with E-state index in [0.29, 0.717) is 43.1 Å². The van der Waals surface area contributed by atoms with Gasteiger partial charge in [-0.15, -0.1) is 11.8 Å². The topological polar surface area (TPSA) is 104 Å². The highest BCUT2D eigenvalue weighted by Gasteiger charge is 2.34. The number of carbonyl (C=O) groups excluding carboxylic acids is 1. The van der Waals surface area contributed by atoms with E-state index in [1.807, 2.05) is 13.0 Å². The van der Waals surface area contributed by atoms with Gasteiger partial charge in [0.05, 0.1) is 12.2 Å². The van der Waals surface area contributed by atoms with Crippen LogP contribution in [0.5, 0.6) is 0 Å². The average Bonchev–Trinajstić information content (AvgIpc) is 3.01. The molecule has 1 aliphatic carbocycles. The van der Waals surface area contributed by atoms with Gasteiger partial charge in [0.15, 0.2) is 0 Å². The predicted octanol–water partition coefficient (Wildman–Crippen LogP) is 5.21. The molecule has 0 spiro atoms. The summed E-state index contributed by atoms with van der Waals surface area (Å²) in [6.07, 6.45) is 11.8. The zero-order valence-corrected chi connectivity index (χ0v) is 20.5. The second kappa shape index (κ2) is 16.1. The Bertz CT molecular complexity index is 669. The zero-order valence-electron chi connectivity index (χ0n) is 19.7. The standard InChI is InChI=1S/C25H40O6S/c1-4-6-11-18(3)16-19(26)13-14-20-21(27)17-22(31-24(30)10-5-2)25(20)32-15-9-7-8-12-23(28)29/h8,12-14,18-21,26-27H,4-7,9-11,15-17H2,1-3H3,(H,28,29)/b12-8+,14-13+/t18-,19-,20+,21-/m1/s1. The minimum Gasteiger partial charge on any atom is -0.478 e. The summed E-state index contributed by atoms with van der Waals surface area (Å²) in [5.74, 6) is 0.0738. The van der Waals surface area contributed by atoms with Gasteiger partial charge < -0.3 is 20.1 Å². The molecule has 0 aromatic heterocycles. The molecule has 4 atom stereocenters. The molecule has 0 fully saturated rings. The van der Waals surface area contributed by atoms with Crippen molar-refractivity contribution in [2.75, 3.05) is 5.75 Å². The molecule has 3 N–H and O–H groups in total. The molecule has 32 heavy (non-hydrogen) atoms. The van der Waals surface area contributed by atoms with Crippen LogP contribution in [0.4, 0.5) is 0 Å². The number of esters is 1. The van der Waals surface area contributed by atoms with Gasteiger partial charge in [-0.2, -0.15) is 0 Å². The number of thioether (sulfide) groups is 1. The molecule has 0 bridgehead atoms. The summed E-state index contributed by atoms with van der Waals surface area (Å²) in [4.78, 5) is 23.4. The quantitative estimate of drug-likeness (QED) is 0.124. The molecule has 182 valence electrons. The third-order valence-electron chi connectivity index (χ3n) is 5.35. The summed E-state index contributed by atoms with van der Waals surface area (Å²) >= 11 is 1.53. The van der Waals surface area contributed by atoms with E-state index in [4.69, 9.17) is 9.84 Å². The lowest BCUT2D eigenvalue weighted by molar-refractivity contribution is -0.139. The lowest BCUT2D eigenvalue weighted by Gasteiger charge is -2.17. The van der Waals surface area contributed by atoms with Crippen molar-refractivity contribution in [3.8, 4) is 0 Å². The first kappa shape index (κ1) is 28.5. The smallest absolute Gasteiger partial charge is 0.327 e. The summed E-state index contributed by atoms with van der Waals surface area (Å²) in [5, 5.41) is 29.7. The maximum atomic E-state index is 12.0. The van der Waals surface area contributed by atoms with Gasteiger partial charge in [-0.3, -0.25) is 4.79 Å². The number of rotatable bonds is 16. The molecular weight excluding hydrogens is 428 g/mol. The molecule has 6 nitrogen and oxygen atoms in total. The van der Waals surface area contributed by atoms with Crippen molar-refractivity contribution >= 4 is 23.7 Å². The molecule has 0 heterocycles. The van der Waals surface area contributed by atoms with Crippen LogP contribution in [0, 0.1) is 11.8 Å². The van der Waals surface area contributed by atoms with Gasteiger partial charge in [-0.25, -0.2) is 4.79 Å². The number of ether oxygens (including phenoxy) is 1. The number of carboxylic acids is 1. The Kier molecular flexibility index (Phi) is 14.3. The van der Waals surface area contributed by atoms with Crippen LogP contribution in [0.15, 0.2) is 35.0 Å². The molecule has 0 aliphatic heterocycles. The Morgan fingerprint density at radius 1 is 1.25 bits per heavy atom. The molecule has 0 radical (unpaired) electrons. The van der Waals surface area contributed by atoms with Crippen molar-refractivity contribution in [1.82, 2.24) is 0 Å². The molecule has 0 unspecified atom stereocenters. The van der Waals surface area contributed by atoms with Crippen molar-refractivity contribution in [1.29, 1.82) is 0 Å². The van der Waals surface area contributed by atoms with Crippen LogP contribution in [0.2, 0.25) is 0 Å². The van der Waals surface area contributed by atoms with Gasteiger partial charge in [0.2, 0.25) is 0 Å². The number of aliphatic hydroxyl groups is 2. The average molecular weight is 469 g/mol. The van der Waals surface area contributed by atoms with Crippen LogP contribution in [-0.4, -0.2) is 45.2 Å². The zero-order chi connectivity index (χ0) is 23.9. The Morgan fingerprint density at radius 3 is 2.66 bits per heavy atom. The van der Waals surface area contributed by atoms with E-state index in [9.17, 15) is 19.8 Å². The highest BCUT2D eigenvalue weighted by molar-refractivity contribution is 8.03. The number of hydrogen-bond acceptors (Lipinski definition) is 6. The Hall–Kier alpha value is -1.57. The SMILES string of the molecule is CCCC[C@@H](C)C[C@H](O)/C=C/[C@@H]1C(SCCC/C=C/C(=O)O)=C(OC(=O)CCC)C[C@H]1O. The number of allylic oxidation sites excluding steroid dienone is 1. The monoisotopic (exact) mass is 468 g/mol. The van der Waals surface area contributed by atoms with Crippen LogP contribution in [0.1, 0.15) is 78.6 Å². The second-order valence-corrected chi connectivity index (χ2v) is 9.61. The Balaban J connectivity index is 2.81. The first-order chi connectivity index (χ1) is 15.3. The fourth-order valence-electron chi connectivity index (χ4n) is 3.63.